The molecule has 1 N–H and O–H groups in total. The molecule has 3 heteroatoms. The molecule has 7 rings (SSSR count). The Labute approximate surface area is 210 Å². The Morgan fingerprint density at radius 3 is 2.80 bits per heavy atom. The van der Waals surface area contributed by atoms with Gasteiger partial charge in [-0.05, 0) is 124 Å². The SMILES string of the molecule is CC(C)(C)N[C@H]1CCC2=CC3=CC[C@]4(C)[C@@H](c5ccc6ccncc6c5)CC[C@H]4[C@@]34CCC2(C1)O4. The normalized spacial score (nSPS) is 40.1. The molecule has 5 aliphatic rings. The summed E-state index contributed by atoms with van der Waals surface area (Å²) < 4.78 is 7.47. The maximum Gasteiger partial charge on any atom is 0.0974 e. The predicted molar refractivity (Wildman–Crippen MR) is 142 cm³/mol. The summed E-state index contributed by atoms with van der Waals surface area (Å²) in [6, 6.07) is 9.77. The number of nitrogens with zero attached hydrogens (tertiary/aromatic N) is 1. The molecule has 0 radical (unpaired) electrons. The van der Waals surface area contributed by atoms with Crippen molar-refractivity contribution >= 4 is 10.8 Å². The first-order chi connectivity index (χ1) is 16.7. The lowest BCUT2D eigenvalue weighted by Gasteiger charge is -2.54. The van der Waals surface area contributed by atoms with Gasteiger partial charge >= 0.3 is 0 Å². The van der Waals surface area contributed by atoms with E-state index in [0.29, 0.717) is 17.9 Å². The van der Waals surface area contributed by atoms with Gasteiger partial charge in [0.15, 0.2) is 0 Å². The molecule has 1 aromatic heterocycles. The van der Waals surface area contributed by atoms with Crippen molar-refractivity contribution in [2.45, 2.75) is 108 Å². The van der Waals surface area contributed by atoms with Crippen molar-refractivity contribution in [2.24, 2.45) is 11.3 Å². The Morgan fingerprint density at radius 2 is 1.94 bits per heavy atom. The monoisotopic (exact) mass is 468 g/mol. The van der Waals surface area contributed by atoms with Gasteiger partial charge in [0.1, 0.15) is 0 Å². The Balaban J connectivity index is 1.24. The minimum Gasteiger partial charge on any atom is -0.359 e. The molecule has 2 aromatic rings. The number of hydrogen-bond acceptors (Lipinski definition) is 3. The van der Waals surface area contributed by atoms with Gasteiger partial charge in [-0.3, -0.25) is 4.98 Å². The first kappa shape index (κ1) is 22.2. The Kier molecular flexibility index (Phi) is 4.64. The van der Waals surface area contributed by atoms with Crippen LogP contribution in [0.5, 0.6) is 0 Å². The molecule has 0 amide bonds. The van der Waals surface area contributed by atoms with Crippen molar-refractivity contribution < 1.29 is 4.74 Å². The number of rotatable bonds is 2. The second-order valence-corrected chi connectivity index (χ2v) is 13.5. The second kappa shape index (κ2) is 7.29. The van der Waals surface area contributed by atoms with Crippen molar-refractivity contribution in [3.05, 3.63) is 65.5 Å². The van der Waals surface area contributed by atoms with Gasteiger partial charge < -0.3 is 10.1 Å². The van der Waals surface area contributed by atoms with Crippen LogP contribution in [-0.4, -0.2) is 27.8 Å². The lowest BCUT2D eigenvalue weighted by atomic mass is 9.58. The molecule has 1 saturated heterocycles. The number of allylic oxidation sites excluding steroid dienone is 1. The fourth-order valence-corrected chi connectivity index (χ4v) is 9.01. The lowest BCUT2D eigenvalue weighted by molar-refractivity contribution is -0.136. The maximum absolute atomic E-state index is 7.47. The van der Waals surface area contributed by atoms with E-state index in [1.54, 1.807) is 5.57 Å². The van der Waals surface area contributed by atoms with Gasteiger partial charge in [-0.25, -0.2) is 0 Å². The quantitative estimate of drug-likeness (QED) is 0.505. The van der Waals surface area contributed by atoms with Crippen LogP contribution in [0.3, 0.4) is 0 Å². The van der Waals surface area contributed by atoms with Crippen LogP contribution in [0.15, 0.2) is 60.0 Å². The molecule has 2 aliphatic heterocycles. The van der Waals surface area contributed by atoms with E-state index in [1.807, 2.05) is 12.4 Å². The summed E-state index contributed by atoms with van der Waals surface area (Å²) in [5, 5.41) is 6.46. The van der Waals surface area contributed by atoms with Gasteiger partial charge in [0.05, 0.1) is 11.2 Å². The highest BCUT2D eigenvalue weighted by atomic mass is 16.5. The Bertz CT molecular complexity index is 1250. The second-order valence-electron chi connectivity index (χ2n) is 13.5. The summed E-state index contributed by atoms with van der Waals surface area (Å²) in [4.78, 5) is 4.39. The Morgan fingerprint density at radius 1 is 1.06 bits per heavy atom. The number of aromatic nitrogens is 1. The summed E-state index contributed by atoms with van der Waals surface area (Å²) in [7, 11) is 0. The van der Waals surface area contributed by atoms with E-state index in [1.165, 1.54) is 66.9 Å². The lowest BCUT2D eigenvalue weighted by Crippen LogP contribution is -2.56. The number of ether oxygens (including phenoxy) is 1. The fourth-order valence-electron chi connectivity index (χ4n) is 9.01. The van der Waals surface area contributed by atoms with E-state index in [-0.39, 0.29) is 22.2 Å². The van der Waals surface area contributed by atoms with Crippen molar-refractivity contribution in [3.63, 3.8) is 0 Å². The molecule has 3 heterocycles. The highest BCUT2D eigenvalue weighted by Gasteiger charge is 2.66. The third-order valence-corrected chi connectivity index (χ3v) is 10.4. The number of fused-ring (bicyclic) bond motifs is 2. The van der Waals surface area contributed by atoms with E-state index in [2.05, 4.69) is 74.4 Å². The Hall–Kier alpha value is -1.97. The molecular formula is C32H40N2O. The van der Waals surface area contributed by atoms with E-state index >= 15 is 0 Å². The zero-order valence-electron chi connectivity index (χ0n) is 21.9. The standard InChI is InChI=1S/C32H40N2O/c1-29(2,3)34-26-8-7-24-18-25-11-13-30(4)27(22-6-5-21-12-16-33-20-23(21)17-22)9-10-28(30)32(25)15-14-31(24,19-26)35-32/h5-6,11-12,16-18,20,26-28,34H,7-10,13-15,19H2,1-4H3/t26-,27+,28+,30+,31?,32+/m0/s1. The van der Waals surface area contributed by atoms with E-state index < -0.39 is 0 Å². The highest BCUT2D eigenvalue weighted by molar-refractivity contribution is 5.82. The topological polar surface area (TPSA) is 34.2 Å². The van der Waals surface area contributed by atoms with E-state index in [4.69, 9.17) is 4.74 Å². The molecule has 1 unspecified atom stereocenters. The van der Waals surface area contributed by atoms with Gasteiger partial charge in [-0.15, -0.1) is 0 Å². The van der Waals surface area contributed by atoms with Crippen LogP contribution >= 0.6 is 0 Å². The smallest absolute Gasteiger partial charge is 0.0974 e. The van der Waals surface area contributed by atoms with Crippen LogP contribution in [0.2, 0.25) is 0 Å². The minimum atomic E-state index is -0.0761. The molecule has 3 nitrogen and oxygen atoms in total. The first-order valence-electron chi connectivity index (χ1n) is 13.9. The van der Waals surface area contributed by atoms with Gasteiger partial charge in [0.2, 0.25) is 0 Å². The predicted octanol–water partition coefficient (Wildman–Crippen LogP) is 7.23. The number of pyridine rings is 1. The molecule has 2 spiro atoms. The summed E-state index contributed by atoms with van der Waals surface area (Å²) >= 11 is 0. The first-order valence-corrected chi connectivity index (χ1v) is 13.9. The average Bonchev–Trinajstić information content (AvgIpc) is 3.33. The molecule has 3 aliphatic carbocycles. The van der Waals surface area contributed by atoms with Crippen LogP contribution in [0.4, 0.5) is 0 Å². The largest absolute Gasteiger partial charge is 0.359 e. The summed E-state index contributed by atoms with van der Waals surface area (Å²) in [6.07, 6.45) is 18.7. The third-order valence-electron chi connectivity index (χ3n) is 10.4. The zero-order valence-corrected chi connectivity index (χ0v) is 21.9. The third kappa shape index (κ3) is 3.20. The molecule has 35 heavy (non-hydrogen) atoms. The number of benzene rings is 1. The van der Waals surface area contributed by atoms with Crippen molar-refractivity contribution in [2.75, 3.05) is 0 Å². The van der Waals surface area contributed by atoms with E-state index in [9.17, 15) is 0 Å². The summed E-state index contributed by atoms with van der Waals surface area (Å²) in [5.74, 6) is 1.18. The van der Waals surface area contributed by atoms with Crippen LogP contribution < -0.4 is 5.32 Å². The summed E-state index contributed by atoms with van der Waals surface area (Å²) in [5.41, 5.74) is 4.88. The van der Waals surface area contributed by atoms with Gasteiger partial charge in [0, 0.05) is 29.4 Å². The van der Waals surface area contributed by atoms with Crippen LogP contribution in [0, 0.1) is 11.3 Å². The van der Waals surface area contributed by atoms with Gasteiger partial charge in [0.25, 0.3) is 0 Å². The molecule has 6 atom stereocenters. The average molecular weight is 469 g/mol. The molecule has 2 saturated carbocycles. The molecular weight excluding hydrogens is 428 g/mol. The molecule has 2 bridgehead atoms. The van der Waals surface area contributed by atoms with Gasteiger partial charge in [-0.1, -0.05) is 31.2 Å². The number of hydrogen-bond donors (Lipinski definition) is 1. The molecule has 1 aromatic carbocycles. The molecule has 3 fully saturated rings. The van der Waals surface area contributed by atoms with Crippen molar-refractivity contribution in [1.29, 1.82) is 0 Å². The summed E-state index contributed by atoms with van der Waals surface area (Å²) in [6.45, 7) is 9.46. The van der Waals surface area contributed by atoms with Crippen LogP contribution in [0.1, 0.15) is 90.5 Å². The minimum absolute atomic E-state index is 0.0382. The zero-order chi connectivity index (χ0) is 24.1. The maximum atomic E-state index is 7.47. The van der Waals surface area contributed by atoms with Crippen LogP contribution in [-0.2, 0) is 4.74 Å². The fraction of sp³-hybridized carbons (Fsp3) is 0.594. The number of nitrogens with one attached hydrogen (secondary N) is 1. The van der Waals surface area contributed by atoms with Crippen molar-refractivity contribution in [1.82, 2.24) is 10.3 Å². The van der Waals surface area contributed by atoms with E-state index in [0.717, 1.165) is 6.42 Å². The van der Waals surface area contributed by atoms with Crippen molar-refractivity contribution in [3.8, 4) is 0 Å². The van der Waals surface area contributed by atoms with Gasteiger partial charge in [-0.2, -0.15) is 0 Å². The molecule has 184 valence electrons. The van der Waals surface area contributed by atoms with Crippen LogP contribution in [0.25, 0.3) is 10.8 Å². The highest BCUT2D eigenvalue weighted by Crippen LogP contribution is 2.69.